The Kier molecular flexibility index (Phi) is 5.86. The van der Waals surface area contributed by atoms with E-state index in [1.54, 1.807) is 0 Å². The molecule has 0 radical (unpaired) electrons. The second-order valence-electron chi connectivity index (χ2n) is 5.91. The highest BCUT2D eigenvalue weighted by Gasteiger charge is 2.13. The standard InChI is InChI=1S/C20H26/c1-17(18(2)20-15-7-4-8-16-20)11-9-10-14-19-12-5-3-6-13-19/h3-8,12-13,15-18H,9-11,14H2,1-2H3. The SMILES string of the molecule is CC(CCCCc1ccccc1)C(C)c1ccccc1. The van der Waals surface area contributed by atoms with Crippen LogP contribution in [0.3, 0.4) is 0 Å². The summed E-state index contributed by atoms with van der Waals surface area (Å²) < 4.78 is 0. The number of rotatable bonds is 7. The molecular weight excluding hydrogens is 240 g/mol. The third kappa shape index (κ3) is 4.52. The molecule has 0 heteroatoms. The van der Waals surface area contributed by atoms with E-state index in [1.807, 2.05) is 0 Å². The maximum atomic E-state index is 2.39. The number of aryl methyl sites for hydroxylation is 1. The second kappa shape index (κ2) is 7.89. The fourth-order valence-corrected chi connectivity index (χ4v) is 2.78. The van der Waals surface area contributed by atoms with Crippen molar-refractivity contribution >= 4 is 0 Å². The summed E-state index contributed by atoms with van der Waals surface area (Å²) in [6.07, 6.45) is 5.17. The molecule has 20 heavy (non-hydrogen) atoms. The van der Waals surface area contributed by atoms with Gasteiger partial charge in [-0.3, -0.25) is 0 Å². The Labute approximate surface area is 123 Å². The topological polar surface area (TPSA) is 0 Å². The number of unbranched alkanes of at least 4 members (excludes halogenated alkanes) is 1. The lowest BCUT2D eigenvalue weighted by Crippen LogP contribution is -2.06. The Morgan fingerprint density at radius 3 is 2.00 bits per heavy atom. The van der Waals surface area contributed by atoms with E-state index in [9.17, 15) is 0 Å². The Morgan fingerprint density at radius 2 is 1.35 bits per heavy atom. The Bertz CT molecular complexity index is 472. The summed E-state index contributed by atoms with van der Waals surface area (Å²) in [6, 6.07) is 21.7. The molecule has 106 valence electrons. The first-order valence-electron chi connectivity index (χ1n) is 7.86. The van der Waals surface area contributed by atoms with Gasteiger partial charge >= 0.3 is 0 Å². The van der Waals surface area contributed by atoms with Gasteiger partial charge in [-0.1, -0.05) is 87.4 Å². The molecule has 2 aromatic carbocycles. The van der Waals surface area contributed by atoms with E-state index >= 15 is 0 Å². The summed E-state index contributed by atoms with van der Waals surface area (Å²) in [7, 11) is 0. The van der Waals surface area contributed by atoms with Gasteiger partial charge in [-0.2, -0.15) is 0 Å². The molecule has 0 saturated carbocycles. The van der Waals surface area contributed by atoms with Crippen LogP contribution in [0.2, 0.25) is 0 Å². The molecule has 0 spiro atoms. The summed E-state index contributed by atoms with van der Waals surface area (Å²) in [5, 5.41) is 0. The summed E-state index contributed by atoms with van der Waals surface area (Å²) in [5.41, 5.74) is 2.94. The highest BCUT2D eigenvalue weighted by atomic mass is 14.2. The monoisotopic (exact) mass is 266 g/mol. The molecule has 0 nitrogen and oxygen atoms in total. The summed E-state index contributed by atoms with van der Waals surface area (Å²) in [6.45, 7) is 4.75. The van der Waals surface area contributed by atoms with Crippen LogP contribution in [0.25, 0.3) is 0 Å². The van der Waals surface area contributed by atoms with Crippen molar-refractivity contribution in [1.29, 1.82) is 0 Å². The smallest absolute Gasteiger partial charge is 0.0165 e. The minimum absolute atomic E-state index is 0.660. The van der Waals surface area contributed by atoms with Crippen LogP contribution in [0.15, 0.2) is 60.7 Å². The van der Waals surface area contributed by atoms with Gasteiger partial charge in [0.15, 0.2) is 0 Å². The van der Waals surface area contributed by atoms with Gasteiger partial charge in [0, 0.05) is 0 Å². The first-order valence-corrected chi connectivity index (χ1v) is 7.86. The Balaban J connectivity index is 1.71. The first kappa shape index (κ1) is 14.8. The molecule has 0 bridgehead atoms. The average Bonchev–Trinajstić information content (AvgIpc) is 2.52. The van der Waals surface area contributed by atoms with Crippen LogP contribution in [-0.2, 0) is 6.42 Å². The third-order valence-corrected chi connectivity index (χ3v) is 4.40. The van der Waals surface area contributed by atoms with Gasteiger partial charge in [-0.05, 0) is 35.8 Å². The molecule has 0 heterocycles. The maximum Gasteiger partial charge on any atom is -0.0165 e. The molecule has 2 rings (SSSR count). The van der Waals surface area contributed by atoms with Crippen LogP contribution in [0.5, 0.6) is 0 Å². The quantitative estimate of drug-likeness (QED) is 0.552. The van der Waals surface area contributed by atoms with Gasteiger partial charge in [0.05, 0.1) is 0 Å². The van der Waals surface area contributed by atoms with Gasteiger partial charge in [-0.25, -0.2) is 0 Å². The molecule has 0 amide bonds. The molecule has 0 aliphatic rings. The van der Waals surface area contributed by atoms with Crippen LogP contribution in [0, 0.1) is 5.92 Å². The number of hydrogen-bond acceptors (Lipinski definition) is 0. The van der Waals surface area contributed by atoms with Crippen molar-refractivity contribution in [2.45, 2.75) is 45.4 Å². The number of hydrogen-bond donors (Lipinski definition) is 0. The van der Waals surface area contributed by atoms with Crippen molar-refractivity contribution in [2.75, 3.05) is 0 Å². The molecule has 0 aliphatic heterocycles. The zero-order chi connectivity index (χ0) is 14.2. The van der Waals surface area contributed by atoms with Crippen molar-refractivity contribution in [3.05, 3.63) is 71.8 Å². The van der Waals surface area contributed by atoms with Crippen LogP contribution in [-0.4, -0.2) is 0 Å². The zero-order valence-corrected chi connectivity index (χ0v) is 12.8. The molecule has 2 aromatic rings. The summed E-state index contributed by atoms with van der Waals surface area (Å²) in [4.78, 5) is 0. The van der Waals surface area contributed by atoms with Gasteiger partial charge in [0.2, 0.25) is 0 Å². The van der Waals surface area contributed by atoms with E-state index in [1.165, 1.54) is 36.8 Å². The molecule has 0 N–H and O–H groups in total. The van der Waals surface area contributed by atoms with Crippen LogP contribution in [0.1, 0.15) is 50.2 Å². The van der Waals surface area contributed by atoms with E-state index < -0.39 is 0 Å². The largest absolute Gasteiger partial charge is 0.0622 e. The van der Waals surface area contributed by atoms with Gasteiger partial charge in [-0.15, -0.1) is 0 Å². The van der Waals surface area contributed by atoms with Crippen LogP contribution >= 0.6 is 0 Å². The van der Waals surface area contributed by atoms with Crippen molar-refractivity contribution in [3.63, 3.8) is 0 Å². The first-order chi connectivity index (χ1) is 9.77. The lowest BCUT2D eigenvalue weighted by Gasteiger charge is -2.20. The van der Waals surface area contributed by atoms with Crippen molar-refractivity contribution < 1.29 is 0 Å². The summed E-state index contributed by atoms with van der Waals surface area (Å²) in [5.74, 6) is 1.42. The van der Waals surface area contributed by atoms with E-state index in [0.29, 0.717) is 5.92 Å². The van der Waals surface area contributed by atoms with Gasteiger partial charge in [0.1, 0.15) is 0 Å². The fraction of sp³-hybridized carbons (Fsp3) is 0.400. The zero-order valence-electron chi connectivity index (χ0n) is 12.8. The molecular formula is C20H26. The molecule has 0 fully saturated rings. The van der Waals surface area contributed by atoms with E-state index in [4.69, 9.17) is 0 Å². The Morgan fingerprint density at radius 1 is 0.750 bits per heavy atom. The average molecular weight is 266 g/mol. The molecule has 0 aromatic heterocycles. The maximum absolute atomic E-state index is 2.39. The van der Waals surface area contributed by atoms with Crippen molar-refractivity contribution in [1.82, 2.24) is 0 Å². The summed E-state index contributed by atoms with van der Waals surface area (Å²) >= 11 is 0. The predicted molar refractivity (Wildman–Crippen MR) is 88.0 cm³/mol. The van der Waals surface area contributed by atoms with E-state index in [2.05, 4.69) is 74.5 Å². The van der Waals surface area contributed by atoms with Crippen LogP contribution in [0.4, 0.5) is 0 Å². The fourth-order valence-electron chi connectivity index (χ4n) is 2.78. The molecule has 0 aliphatic carbocycles. The lowest BCUT2D eigenvalue weighted by atomic mass is 9.85. The van der Waals surface area contributed by atoms with Gasteiger partial charge < -0.3 is 0 Å². The minimum Gasteiger partial charge on any atom is -0.0622 e. The van der Waals surface area contributed by atoms with Crippen molar-refractivity contribution in [3.8, 4) is 0 Å². The third-order valence-electron chi connectivity index (χ3n) is 4.40. The normalized spacial score (nSPS) is 13.9. The molecule has 2 atom stereocenters. The lowest BCUT2D eigenvalue weighted by molar-refractivity contribution is 0.432. The highest BCUT2D eigenvalue weighted by Crippen LogP contribution is 2.27. The van der Waals surface area contributed by atoms with Gasteiger partial charge in [0.25, 0.3) is 0 Å². The highest BCUT2D eigenvalue weighted by molar-refractivity contribution is 5.19. The van der Waals surface area contributed by atoms with Crippen LogP contribution < -0.4 is 0 Å². The van der Waals surface area contributed by atoms with E-state index in [-0.39, 0.29) is 0 Å². The Hall–Kier alpha value is -1.56. The second-order valence-corrected chi connectivity index (χ2v) is 5.91. The van der Waals surface area contributed by atoms with Crippen molar-refractivity contribution in [2.24, 2.45) is 5.92 Å². The molecule has 0 saturated heterocycles. The number of benzene rings is 2. The molecule has 2 unspecified atom stereocenters. The minimum atomic E-state index is 0.660. The predicted octanol–water partition coefficient (Wildman–Crippen LogP) is 5.84. The van der Waals surface area contributed by atoms with E-state index in [0.717, 1.165) is 5.92 Å².